The Balaban J connectivity index is 3.36. The van der Waals surface area contributed by atoms with Crippen molar-refractivity contribution in [2.75, 3.05) is 0 Å². The van der Waals surface area contributed by atoms with E-state index in [4.69, 9.17) is 9.84 Å². The van der Waals surface area contributed by atoms with Crippen LogP contribution in [0.5, 0.6) is 5.75 Å². The van der Waals surface area contributed by atoms with Crippen molar-refractivity contribution in [3.05, 3.63) is 23.3 Å². The van der Waals surface area contributed by atoms with E-state index >= 15 is 0 Å². The number of hydrogen-bond donors (Lipinski definition) is 2. The first-order valence-electron chi connectivity index (χ1n) is 7.63. The summed E-state index contributed by atoms with van der Waals surface area (Å²) >= 11 is 4.48. The summed E-state index contributed by atoms with van der Waals surface area (Å²) in [4.78, 5) is 23.5. The van der Waals surface area contributed by atoms with Crippen LogP contribution in [0.15, 0.2) is 17.0 Å². The van der Waals surface area contributed by atoms with Gasteiger partial charge in [-0.25, -0.2) is 0 Å². The highest BCUT2D eigenvalue weighted by atomic mass is 32.1. The maximum atomic E-state index is 12.1. The number of rotatable bonds is 4. The Bertz CT molecular complexity index is 571. The molecular formula is C18H26O4S. The van der Waals surface area contributed by atoms with Gasteiger partial charge in [-0.15, -0.1) is 12.6 Å². The summed E-state index contributed by atoms with van der Waals surface area (Å²) in [6.45, 7) is 12.2. The van der Waals surface area contributed by atoms with Crippen LogP contribution >= 0.6 is 12.6 Å². The van der Waals surface area contributed by atoms with Gasteiger partial charge in [-0.1, -0.05) is 41.5 Å². The number of carbonyl (C=O) groups excluding carboxylic acids is 1. The van der Waals surface area contributed by atoms with Gasteiger partial charge in [-0.2, -0.15) is 0 Å². The van der Waals surface area contributed by atoms with Crippen LogP contribution in [0, 0.1) is 0 Å². The van der Waals surface area contributed by atoms with E-state index < -0.39 is 11.9 Å². The fraction of sp³-hybridized carbons (Fsp3) is 0.556. The average molecular weight is 338 g/mol. The first kappa shape index (κ1) is 19.6. The Morgan fingerprint density at radius 1 is 1.00 bits per heavy atom. The smallest absolute Gasteiger partial charge is 0.311 e. The zero-order valence-corrected chi connectivity index (χ0v) is 15.6. The molecule has 0 bridgehead atoms. The molecule has 0 spiro atoms. The Labute approximate surface area is 143 Å². The molecule has 1 aromatic rings. The molecule has 0 aliphatic carbocycles. The van der Waals surface area contributed by atoms with E-state index in [1.807, 2.05) is 53.7 Å². The van der Waals surface area contributed by atoms with Gasteiger partial charge in [-0.3, -0.25) is 9.59 Å². The minimum absolute atomic E-state index is 0.148. The standard InChI is InChI=1S/C18H26O4S/c1-17(2,3)12-9-11(23)10-13(18(4,5)6)16(12)22-15(21)8-7-14(19)20/h9-10,23H,7-8H2,1-6H3,(H,19,20). The summed E-state index contributed by atoms with van der Waals surface area (Å²) in [5.41, 5.74) is 1.31. The number of benzene rings is 1. The van der Waals surface area contributed by atoms with E-state index in [0.29, 0.717) is 5.75 Å². The number of carboxylic acids is 1. The van der Waals surface area contributed by atoms with Crippen molar-refractivity contribution in [1.82, 2.24) is 0 Å². The van der Waals surface area contributed by atoms with Crippen LogP contribution in [0.3, 0.4) is 0 Å². The molecule has 1 aromatic carbocycles. The highest BCUT2D eigenvalue weighted by molar-refractivity contribution is 7.80. The van der Waals surface area contributed by atoms with Gasteiger partial charge in [0.1, 0.15) is 5.75 Å². The van der Waals surface area contributed by atoms with E-state index in [1.165, 1.54) is 0 Å². The van der Waals surface area contributed by atoms with Crippen LogP contribution in [0.4, 0.5) is 0 Å². The molecule has 0 fully saturated rings. The Morgan fingerprint density at radius 3 is 1.78 bits per heavy atom. The van der Waals surface area contributed by atoms with E-state index in [2.05, 4.69) is 12.6 Å². The third-order valence-electron chi connectivity index (χ3n) is 3.45. The van der Waals surface area contributed by atoms with Crippen LogP contribution in [-0.4, -0.2) is 17.0 Å². The van der Waals surface area contributed by atoms with Crippen LogP contribution < -0.4 is 4.74 Å². The number of thiol groups is 1. The lowest BCUT2D eigenvalue weighted by Gasteiger charge is -2.29. The molecule has 0 heterocycles. The minimum Gasteiger partial charge on any atom is -0.481 e. The molecule has 0 amide bonds. The maximum Gasteiger partial charge on any atom is 0.311 e. The SMILES string of the molecule is CC(C)(C)c1cc(S)cc(C(C)(C)C)c1OC(=O)CCC(=O)O. The van der Waals surface area contributed by atoms with E-state index in [1.54, 1.807) is 0 Å². The number of carbonyl (C=O) groups is 2. The van der Waals surface area contributed by atoms with Crippen LogP contribution in [-0.2, 0) is 20.4 Å². The summed E-state index contributed by atoms with van der Waals surface area (Å²) < 4.78 is 5.60. The molecule has 0 atom stereocenters. The molecule has 0 unspecified atom stereocenters. The van der Waals surface area contributed by atoms with Gasteiger partial charge in [0.15, 0.2) is 0 Å². The molecular weight excluding hydrogens is 312 g/mol. The van der Waals surface area contributed by atoms with Crippen molar-refractivity contribution in [3.8, 4) is 5.75 Å². The third-order valence-corrected chi connectivity index (χ3v) is 3.71. The molecule has 4 nitrogen and oxygen atoms in total. The van der Waals surface area contributed by atoms with E-state index in [-0.39, 0.29) is 23.7 Å². The summed E-state index contributed by atoms with van der Waals surface area (Å²) in [6, 6.07) is 3.80. The molecule has 0 saturated heterocycles. The molecule has 5 heteroatoms. The van der Waals surface area contributed by atoms with Crippen molar-refractivity contribution >= 4 is 24.6 Å². The third kappa shape index (κ3) is 5.57. The zero-order chi connectivity index (χ0) is 18.0. The van der Waals surface area contributed by atoms with Crippen molar-refractivity contribution in [3.63, 3.8) is 0 Å². The minimum atomic E-state index is -1.01. The van der Waals surface area contributed by atoms with Gasteiger partial charge in [0.25, 0.3) is 0 Å². The molecule has 1 rings (SSSR count). The van der Waals surface area contributed by atoms with Gasteiger partial charge in [-0.05, 0) is 23.0 Å². The fourth-order valence-electron chi connectivity index (χ4n) is 2.21. The number of ether oxygens (including phenoxy) is 1. The van der Waals surface area contributed by atoms with E-state index in [9.17, 15) is 9.59 Å². The van der Waals surface area contributed by atoms with Crippen LogP contribution in [0.1, 0.15) is 65.5 Å². The lowest BCUT2D eigenvalue weighted by atomic mass is 9.79. The maximum absolute atomic E-state index is 12.1. The summed E-state index contributed by atoms with van der Waals surface area (Å²) in [5.74, 6) is -1.02. The monoisotopic (exact) mass is 338 g/mol. The molecule has 128 valence electrons. The summed E-state index contributed by atoms with van der Waals surface area (Å²) in [7, 11) is 0. The van der Waals surface area contributed by atoms with Gasteiger partial charge in [0.2, 0.25) is 0 Å². The van der Waals surface area contributed by atoms with Crippen LogP contribution in [0.2, 0.25) is 0 Å². The second kappa shape index (κ2) is 6.95. The number of hydrogen-bond acceptors (Lipinski definition) is 4. The molecule has 0 saturated carbocycles. The predicted molar refractivity (Wildman–Crippen MR) is 93.6 cm³/mol. The van der Waals surface area contributed by atoms with Crippen molar-refractivity contribution in [2.24, 2.45) is 0 Å². The van der Waals surface area contributed by atoms with Crippen LogP contribution in [0.25, 0.3) is 0 Å². The molecule has 0 aliphatic rings. The summed E-state index contributed by atoms with van der Waals surface area (Å²) in [6.07, 6.45) is -0.385. The Morgan fingerprint density at radius 2 is 1.43 bits per heavy atom. The quantitative estimate of drug-likeness (QED) is 0.487. The van der Waals surface area contributed by atoms with Crippen molar-refractivity contribution in [2.45, 2.75) is 70.1 Å². The Kier molecular flexibility index (Phi) is 5.91. The molecule has 0 aromatic heterocycles. The van der Waals surface area contributed by atoms with Crippen molar-refractivity contribution in [1.29, 1.82) is 0 Å². The predicted octanol–water partition coefficient (Wildman–Crippen LogP) is 4.34. The van der Waals surface area contributed by atoms with Gasteiger partial charge >= 0.3 is 11.9 Å². The van der Waals surface area contributed by atoms with Gasteiger partial charge in [0, 0.05) is 16.0 Å². The highest BCUT2D eigenvalue weighted by Gasteiger charge is 2.29. The Hall–Kier alpha value is -1.49. The second-order valence-corrected chi connectivity index (χ2v) is 8.25. The first-order valence-corrected chi connectivity index (χ1v) is 8.07. The normalized spacial score (nSPS) is 12.1. The molecule has 23 heavy (non-hydrogen) atoms. The zero-order valence-electron chi connectivity index (χ0n) is 14.7. The topological polar surface area (TPSA) is 63.6 Å². The van der Waals surface area contributed by atoms with Gasteiger partial charge in [0.05, 0.1) is 12.8 Å². The number of esters is 1. The molecule has 0 aliphatic heterocycles. The lowest BCUT2D eigenvalue weighted by Crippen LogP contribution is -2.22. The lowest BCUT2D eigenvalue weighted by molar-refractivity contribution is -0.142. The fourth-order valence-corrected chi connectivity index (χ4v) is 2.47. The highest BCUT2D eigenvalue weighted by Crippen LogP contribution is 2.41. The largest absolute Gasteiger partial charge is 0.481 e. The van der Waals surface area contributed by atoms with E-state index in [0.717, 1.165) is 16.0 Å². The summed E-state index contributed by atoms with van der Waals surface area (Å²) in [5, 5.41) is 8.71. The van der Waals surface area contributed by atoms with Crippen molar-refractivity contribution < 1.29 is 19.4 Å². The van der Waals surface area contributed by atoms with Gasteiger partial charge < -0.3 is 9.84 Å². The number of aliphatic carboxylic acids is 1. The molecule has 1 N–H and O–H groups in total. The second-order valence-electron chi connectivity index (χ2n) is 7.74. The molecule has 0 radical (unpaired) electrons. The number of carboxylic acid groups (broad SMARTS) is 1. The average Bonchev–Trinajstić information content (AvgIpc) is 2.35. The first-order chi connectivity index (χ1) is 10.3.